The quantitative estimate of drug-likeness (QED) is 0.494. The maximum Gasteiger partial charge on any atom is 0.331 e. The molecule has 0 aromatic heterocycles. The van der Waals surface area contributed by atoms with Crippen molar-refractivity contribution >= 4 is 21.9 Å². The molecule has 0 amide bonds. The van der Waals surface area contributed by atoms with Gasteiger partial charge in [-0.2, -0.15) is 0 Å². The van der Waals surface area contributed by atoms with Crippen LogP contribution < -0.4 is 0 Å². The van der Waals surface area contributed by atoms with Crippen molar-refractivity contribution in [2.45, 2.75) is 13.8 Å². The number of rotatable bonds is 2. The van der Waals surface area contributed by atoms with Gasteiger partial charge in [-0.15, -0.1) is 0 Å². The highest BCUT2D eigenvalue weighted by molar-refractivity contribution is 9.11. The van der Waals surface area contributed by atoms with Gasteiger partial charge in [-0.3, -0.25) is 0 Å². The smallest absolute Gasteiger partial charge is 0.331 e. The lowest BCUT2D eigenvalue weighted by Crippen LogP contribution is -1.98. The summed E-state index contributed by atoms with van der Waals surface area (Å²) in [6.07, 6.45) is 1.39. The Morgan fingerprint density at radius 1 is 1.78 bits per heavy atom. The summed E-state index contributed by atoms with van der Waals surface area (Å²) in [5, 5.41) is 0. The summed E-state index contributed by atoms with van der Waals surface area (Å²) in [6.45, 7) is 3.97. The summed E-state index contributed by atoms with van der Waals surface area (Å²) in [6, 6.07) is 0. The fourth-order valence-corrected chi connectivity index (χ4v) is 0.533. The number of allylic oxidation sites excluding steroid dienone is 1. The number of carbonyl (C=O) groups excluding carboxylic acids is 1. The van der Waals surface area contributed by atoms with E-state index >= 15 is 0 Å². The summed E-state index contributed by atoms with van der Waals surface area (Å²) in [4.78, 5) is 10.5. The van der Waals surface area contributed by atoms with E-state index in [4.69, 9.17) is 0 Å². The van der Waals surface area contributed by atoms with Crippen LogP contribution in [0.5, 0.6) is 0 Å². The average Bonchev–Trinajstić information content (AvgIpc) is 1.63. The van der Waals surface area contributed by atoms with Gasteiger partial charge in [0.15, 0.2) is 0 Å². The van der Waals surface area contributed by atoms with Crippen LogP contribution in [0.4, 0.5) is 0 Å². The fourth-order valence-electron chi connectivity index (χ4n) is 0.346. The largest absolute Gasteiger partial charge is 0.463 e. The van der Waals surface area contributed by atoms with Gasteiger partial charge in [0.05, 0.1) is 6.61 Å². The van der Waals surface area contributed by atoms with Crippen LogP contribution in [0.2, 0.25) is 0 Å². The minimum Gasteiger partial charge on any atom is -0.463 e. The lowest BCUT2D eigenvalue weighted by molar-refractivity contribution is -0.137. The minimum atomic E-state index is -0.299. The zero-order valence-corrected chi connectivity index (χ0v) is 7.06. The first-order chi connectivity index (χ1) is 4.16. The van der Waals surface area contributed by atoms with E-state index in [1.165, 1.54) is 6.08 Å². The van der Waals surface area contributed by atoms with Gasteiger partial charge in [0.1, 0.15) is 0 Å². The second kappa shape index (κ2) is 4.56. The lowest BCUT2D eigenvalue weighted by Gasteiger charge is -1.93. The minimum absolute atomic E-state index is 0.299. The monoisotopic (exact) mass is 192 g/mol. The molecule has 0 saturated carbocycles. The highest BCUT2D eigenvalue weighted by Gasteiger charge is 1.93. The average molecular weight is 193 g/mol. The zero-order valence-electron chi connectivity index (χ0n) is 5.48. The van der Waals surface area contributed by atoms with Gasteiger partial charge in [-0.25, -0.2) is 4.79 Å². The SMILES string of the molecule is CCOC(=O)C=C(C)Br. The molecule has 3 heteroatoms. The van der Waals surface area contributed by atoms with Crippen LogP contribution in [0, 0.1) is 0 Å². The number of esters is 1. The molecule has 0 bridgehead atoms. The summed E-state index contributed by atoms with van der Waals surface area (Å²) in [5.41, 5.74) is 0. The molecule has 0 atom stereocenters. The molecule has 0 rings (SSSR count). The van der Waals surface area contributed by atoms with Crippen molar-refractivity contribution in [1.29, 1.82) is 0 Å². The first-order valence-electron chi connectivity index (χ1n) is 2.67. The number of carbonyl (C=O) groups is 1. The molecule has 0 aromatic rings. The van der Waals surface area contributed by atoms with Crippen LogP contribution in [0.3, 0.4) is 0 Å². The third kappa shape index (κ3) is 5.56. The number of halogens is 1. The topological polar surface area (TPSA) is 26.3 Å². The molecule has 0 radical (unpaired) electrons. The molecule has 0 fully saturated rings. The van der Waals surface area contributed by atoms with Crippen LogP contribution in [0.25, 0.3) is 0 Å². The Kier molecular flexibility index (Phi) is 4.40. The highest BCUT2D eigenvalue weighted by Crippen LogP contribution is 2.01. The zero-order chi connectivity index (χ0) is 7.28. The Bertz CT molecular complexity index is 125. The highest BCUT2D eigenvalue weighted by atomic mass is 79.9. The van der Waals surface area contributed by atoms with Crippen LogP contribution >= 0.6 is 15.9 Å². The van der Waals surface area contributed by atoms with E-state index in [2.05, 4.69) is 20.7 Å². The molecule has 0 aliphatic rings. The Balaban J connectivity index is 3.63. The second-order valence-electron chi connectivity index (χ2n) is 1.48. The third-order valence-corrected chi connectivity index (χ3v) is 0.832. The molecule has 0 unspecified atom stereocenters. The van der Waals surface area contributed by atoms with Gasteiger partial charge >= 0.3 is 5.97 Å². The molecule has 0 saturated heterocycles. The van der Waals surface area contributed by atoms with Gasteiger partial charge in [-0.05, 0) is 18.3 Å². The normalized spacial score (nSPS) is 11.2. The van der Waals surface area contributed by atoms with E-state index in [-0.39, 0.29) is 5.97 Å². The van der Waals surface area contributed by atoms with Gasteiger partial charge in [0.2, 0.25) is 0 Å². The molecule has 0 heterocycles. The predicted octanol–water partition coefficient (Wildman–Crippen LogP) is 1.85. The summed E-state index contributed by atoms with van der Waals surface area (Å²) in [5.74, 6) is -0.299. The maximum absolute atomic E-state index is 10.5. The molecule has 0 N–H and O–H groups in total. The second-order valence-corrected chi connectivity index (χ2v) is 2.73. The van der Waals surface area contributed by atoms with E-state index in [1.807, 2.05) is 0 Å². The number of ether oxygens (including phenoxy) is 1. The van der Waals surface area contributed by atoms with Crippen molar-refractivity contribution in [3.63, 3.8) is 0 Å². The van der Waals surface area contributed by atoms with Crippen molar-refractivity contribution in [3.05, 3.63) is 10.6 Å². The molecule has 52 valence electrons. The van der Waals surface area contributed by atoms with E-state index < -0.39 is 0 Å². The van der Waals surface area contributed by atoms with Crippen molar-refractivity contribution in [2.75, 3.05) is 6.61 Å². The first-order valence-corrected chi connectivity index (χ1v) is 3.46. The Labute approximate surface area is 63.0 Å². The Hall–Kier alpha value is -0.310. The molecule has 9 heavy (non-hydrogen) atoms. The van der Waals surface area contributed by atoms with E-state index in [9.17, 15) is 4.79 Å². The fraction of sp³-hybridized carbons (Fsp3) is 0.500. The molecule has 0 aliphatic carbocycles. The first kappa shape index (κ1) is 8.69. The molecular formula is C6H9BrO2. The van der Waals surface area contributed by atoms with Crippen molar-refractivity contribution in [2.24, 2.45) is 0 Å². The van der Waals surface area contributed by atoms with Crippen LogP contribution in [0.15, 0.2) is 10.6 Å². The molecule has 0 aromatic carbocycles. The van der Waals surface area contributed by atoms with Gasteiger partial charge in [0.25, 0.3) is 0 Å². The van der Waals surface area contributed by atoms with Crippen molar-refractivity contribution in [1.82, 2.24) is 0 Å². The van der Waals surface area contributed by atoms with Gasteiger partial charge in [-0.1, -0.05) is 15.9 Å². The molecule has 0 spiro atoms. The molecule has 2 nitrogen and oxygen atoms in total. The Morgan fingerprint density at radius 2 is 2.33 bits per heavy atom. The van der Waals surface area contributed by atoms with Gasteiger partial charge < -0.3 is 4.74 Å². The Morgan fingerprint density at radius 3 is 2.67 bits per heavy atom. The lowest BCUT2D eigenvalue weighted by atomic mass is 10.5. The van der Waals surface area contributed by atoms with E-state index in [0.717, 1.165) is 4.48 Å². The number of hydrogen-bond acceptors (Lipinski definition) is 2. The van der Waals surface area contributed by atoms with E-state index in [0.29, 0.717) is 6.61 Å². The molecular weight excluding hydrogens is 184 g/mol. The van der Waals surface area contributed by atoms with Crippen LogP contribution in [0.1, 0.15) is 13.8 Å². The third-order valence-electron chi connectivity index (χ3n) is 0.603. The van der Waals surface area contributed by atoms with Crippen LogP contribution in [-0.2, 0) is 9.53 Å². The van der Waals surface area contributed by atoms with Gasteiger partial charge in [0, 0.05) is 6.08 Å². The standard InChI is InChI=1S/C6H9BrO2/c1-3-9-6(8)4-5(2)7/h4H,3H2,1-2H3. The summed E-state index contributed by atoms with van der Waals surface area (Å²) < 4.78 is 5.39. The maximum atomic E-state index is 10.5. The van der Waals surface area contributed by atoms with Crippen molar-refractivity contribution in [3.8, 4) is 0 Å². The predicted molar refractivity (Wildman–Crippen MR) is 39.3 cm³/mol. The summed E-state index contributed by atoms with van der Waals surface area (Å²) >= 11 is 3.11. The van der Waals surface area contributed by atoms with E-state index in [1.54, 1.807) is 13.8 Å². The molecule has 0 aliphatic heterocycles. The number of hydrogen-bond donors (Lipinski definition) is 0. The van der Waals surface area contributed by atoms with Crippen molar-refractivity contribution < 1.29 is 9.53 Å². The summed E-state index contributed by atoms with van der Waals surface area (Å²) in [7, 11) is 0. The van der Waals surface area contributed by atoms with Crippen LogP contribution in [-0.4, -0.2) is 12.6 Å².